The number of amides is 2. The van der Waals surface area contributed by atoms with Crippen LogP contribution in [-0.2, 0) is 9.59 Å². The number of nitrogens with one attached hydrogen (secondary N) is 1. The van der Waals surface area contributed by atoms with Gasteiger partial charge in [0.15, 0.2) is 5.17 Å². The number of ether oxygens (including phenoxy) is 2. The lowest BCUT2D eigenvalue weighted by molar-refractivity contribution is -0.128. The van der Waals surface area contributed by atoms with Crippen LogP contribution in [-0.4, -0.2) is 47.9 Å². The Labute approximate surface area is 174 Å². The predicted octanol–water partition coefficient (Wildman–Crippen LogP) is 3.68. The number of rotatable bonds is 6. The Balaban J connectivity index is 1.78. The van der Waals surface area contributed by atoms with Crippen molar-refractivity contribution in [3.8, 4) is 11.5 Å². The molecule has 0 saturated carbocycles. The van der Waals surface area contributed by atoms with E-state index in [1.807, 2.05) is 31.2 Å². The van der Waals surface area contributed by atoms with Gasteiger partial charge in [-0.2, -0.15) is 0 Å². The summed E-state index contributed by atoms with van der Waals surface area (Å²) in [6.45, 7) is 2.44. The van der Waals surface area contributed by atoms with Crippen LogP contribution in [0.4, 0.5) is 11.4 Å². The van der Waals surface area contributed by atoms with Gasteiger partial charge in [0, 0.05) is 25.2 Å². The van der Waals surface area contributed by atoms with Gasteiger partial charge < -0.3 is 14.8 Å². The molecule has 1 heterocycles. The summed E-state index contributed by atoms with van der Waals surface area (Å²) in [6.07, 6.45) is 0.100. The molecule has 2 aromatic carbocycles. The van der Waals surface area contributed by atoms with Crippen LogP contribution in [0, 0.1) is 0 Å². The maximum absolute atomic E-state index is 12.8. The molecule has 0 bridgehead atoms. The summed E-state index contributed by atoms with van der Waals surface area (Å²) in [4.78, 5) is 31.3. The molecule has 2 aromatic rings. The lowest BCUT2D eigenvalue weighted by atomic mass is 10.2. The van der Waals surface area contributed by atoms with Crippen LogP contribution in [0.5, 0.6) is 11.5 Å². The highest BCUT2D eigenvalue weighted by atomic mass is 32.2. The summed E-state index contributed by atoms with van der Waals surface area (Å²) >= 11 is 1.26. The van der Waals surface area contributed by atoms with Crippen LogP contribution in [0.1, 0.15) is 13.3 Å². The normalized spacial score (nSPS) is 17.9. The average Bonchev–Trinajstić information content (AvgIpc) is 2.72. The van der Waals surface area contributed by atoms with Gasteiger partial charge in [0.2, 0.25) is 11.8 Å². The van der Waals surface area contributed by atoms with E-state index in [-0.39, 0.29) is 18.2 Å². The Bertz CT molecular complexity index is 932. The number of hydrogen-bond donors (Lipinski definition) is 1. The Morgan fingerprint density at radius 2 is 2.07 bits per heavy atom. The first-order chi connectivity index (χ1) is 14.0. The third kappa shape index (κ3) is 5.08. The summed E-state index contributed by atoms with van der Waals surface area (Å²) in [5.74, 6) is 0.857. The minimum Gasteiger partial charge on any atom is -0.494 e. The minimum atomic E-state index is -0.581. The molecule has 152 valence electrons. The first kappa shape index (κ1) is 20.7. The molecular formula is C21H23N3O4S. The number of methoxy groups -OCH3 is 1. The van der Waals surface area contributed by atoms with Crippen LogP contribution in [0.25, 0.3) is 0 Å². The van der Waals surface area contributed by atoms with Crippen LogP contribution >= 0.6 is 11.8 Å². The molecule has 1 aliphatic rings. The van der Waals surface area contributed by atoms with Crippen molar-refractivity contribution in [2.75, 3.05) is 26.1 Å². The van der Waals surface area contributed by atoms with Gasteiger partial charge in [0.25, 0.3) is 0 Å². The van der Waals surface area contributed by atoms with E-state index >= 15 is 0 Å². The van der Waals surface area contributed by atoms with Gasteiger partial charge >= 0.3 is 0 Å². The Hall–Kier alpha value is -3.00. The number of benzene rings is 2. The number of carbonyl (C=O) groups excluding carboxylic acids is 2. The number of carbonyl (C=O) groups is 2. The van der Waals surface area contributed by atoms with Crippen molar-refractivity contribution in [2.24, 2.45) is 4.99 Å². The highest BCUT2D eigenvalue weighted by Gasteiger charge is 2.34. The van der Waals surface area contributed by atoms with E-state index in [9.17, 15) is 9.59 Å². The van der Waals surface area contributed by atoms with Gasteiger partial charge in [0.05, 0.1) is 13.7 Å². The molecule has 1 N–H and O–H groups in total. The van der Waals surface area contributed by atoms with E-state index in [2.05, 4.69) is 10.3 Å². The molecule has 29 heavy (non-hydrogen) atoms. The Morgan fingerprint density at radius 3 is 2.83 bits per heavy atom. The number of para-hydroxylation sites is 2. The van der Waals surface area contributed by atoms with E-state index in [1.54, 1.807) is 38.4 Å². The van der Waals surface area contributed by atoms with E-state index < -0.39 is 5.25 Å². The van der Waals surface area contributed by atoms with Crippen molar-refractivity contribution in [3.63, 3.8) is 0 Å². The monoisotopic (exact) mass is 413 g/mol. The molecule has 7 nitrogen and oxygen atoms in total. The Kier molecular flexibility index (Phi) is 6.77. The lowest BCUT2D eigenvalue weighted by Crippen LogP contribution is -2.43. The Morgan fingerprint density at radius 1 is 1.28 bits per heavy atom. The maximum atomic E-state index is 12.8. The number of aliphatic imine (C=N–C) groups is 1. The van der Waals surface area contributed by atoms with Crippen molar-refractivity contribution < 1.29 is 19.1 Å². The fourth-order valence-corrected chi connectivity index (χ4v) is 3.83. The van der Waals surface area contributed by atoms with Crippen LogP contribution in [0.3, 0.4) is 0 Å². The molecule has 0 aliphatic carbocycles. The lowest BCUT2D eigenvalue weighted by Gasteiger charge is -2.29. The predicted molar refractivity (Wildman–Crippen MR) is 115 cm³/mol. The van der Waals surface area contributed by atoms with Gasteiger partial charge in [0.1, 0.15) is 22.4 Å². The molecule has 0 unspecified atom stereocenters. The molecular weight excluding hydrogens is 390 g/mol. The van der Waals surface area contributed by atoms with Crippen LogP contribution in [0.15, 0.2) is 53.5 Å². The summed E-state index contributed by atoms with van der Waals surface area (Å²) in [5, 5.41) is 2.73. The fraction of sp³-hybridized carbons (Fsp3) is 0.286. The molecule has 1 fully saturated rings. The topological polar surface area (TPSA) is 80.2 Å². The zero-order valence-corrected chi connectivity index (χ0v) is 17.4. The molecule has 0 spiro atoms. The van der Waals surface area contributed by atoms with Gasteiger partial charge in [-0.15, -0.1) is 0 Å². The molecule has 1 atom stereocenters. The summed E-state index contributed by atoms with van der Waals surface area (Å²) in [5.41, 5.74) is 1.22. The van der Waals surface area contributed by atoms with E-state index in [4.69, 9.17) is 9.47 Å². The number of hydrogen-bond acceptors (Lipinski definition) is 6. The van der Waals surface area contributed by atoms with Gasteiger partial charge in [-0.1, -0.05) is 30.0 Å². The molecule has 0 radical (unpaired) electrons. The van der Waals surface area contributed by atoms with Gasteiger partial charge in [-0.3, -0.25) is 14.5 Å². The van der Waals surface area contributed by atoms with Crippen molar-refractivity contribution in [2.45, 2.75) is 18.6 Å². The van der Waals surface area contributed by atoms with E-state index in [0.717, 1.165) is 0 Å². The first-order valence-corrected chi connectivity index (χ1v) is 10.1. The third-order valence-electron chi connectivity index (χ3n) is 4.27. The standard InChI is InChI=1S/C21H23N3O4S/c1-4-28-15-9-7-8-14(12-15)22-20(26)18-13-19(25)24(2)21(29-18)23-16-10-5-6-11-17(16)27-3/h5-12,18H,4,13H2,1-3H3,(H,22,26)/t18-/m1/s1. The molecule has 3 rings (SSSR count). The van der Waals surface area contributed by atoms with E-state index in [0.29, 0.717) is 34.6 Å². The van der Waals surface area contributed by atoms with Gasteiger partial charge in [-0.05, 0) is 31.2 Å². The maximum Gasteiger partial charge on any atom is 0.238 e. The average molecular weight is 413 g/mol. The minimum absolute atomic E-state index is 0.100. The molecule has 0 aromatic heterocycles. The van der Waals surface area contributed by atoms with Crippen LogP contribution in [0.2, 0.25) is 0 Å². The SMILES string of the molecule is CCOc1cccc(NC(=O)[C@H]2CC(=O)N(C)C(=Nc3ccccc3OC)S2)c1. The second-order valence-corrected chi connectivity index (χ2v) is 7.45. The first-order valence-electron chi connectivity index (χ1n) is 9.20. The second kappa shape index (κ2) is 9.47. The summed E-state index contributed by atoms with van der Waals surface area (Å²) in [7, 11) is 3.22. The third-order valence-corrected chi connectivity index (χ3v) is 5.52. The largest absolute Gasteiger partial charge is 0.494 e. The zero-order valence-electron chi connectivity index (χ0n) is 16.5. The van der Waals surface area contributed by atoms with Gasteiger partial charge in [-0.25, -0.2) is 4.99 Å². The molecule has 1 aliphatic heterocycles. The van der Waals surface area contributed by atoms with E-state index in [1.165, 1.54) is 16.7 Å². The highest BCUT2D eigenvalue weighted by molar-refractivity contribution is 8.15. The van der Waals surface area contributed by atoms with Crippen LogP contribution < -0.4 is 14.8 Å². The molecule has 8 heteroatoms. The quantitative estimate of drug-likeness (QED) is 0.781. The number of nitrogens with zero attached hydrogens (tertiary/aromatic N) is 2. The second-order valence-electron chi connectivity index (χ2n) is 6.28. The highest BCUT2D eigenvalue weighted by Crippen LogP contribution is 2.32. The number of anilines is 1. The number of thioether (sulfide) groups is 1. The van der Waals surface area contributed by atoms with Crippen molar-refractivity contribution >= 4 is 40.1 Å². The summed E-state index contributed by atoms with van der Waals surface area (Å²) in [6, 6.07) is 14.5. The van der Waals surface area contributed by atoms with Crippen molar-refractivity contribution in [3.05, 3.63) is 48.5 Å². The molecule has 2 amide bonds. The van der Waals surface area contributed by atoms with Crippen molar-refractivity contribution in [1.29, 1.82) is 0 Å². The smallest absolute Gasteiger partial charge is 0.238 e. The zero-order chi connectivity index (χ0) is 20.8. The number of amidine groups is 1. The summed E-state index contributed by atoms with van der Waals surface area (Å²) < 4.78 is 10.8. The fourth-order valence-electron chi connectivity index (χ4n) is 2.78. The molecule has 1 saturated heterocycles. The van der Waals surface area contributed by atoms with Crippen molar-refractivity contribution in [1.82, 2.24) is 4.90 Å².